The van der Waals surface area contributed by atoms with Gasteiger partial charge in [-0.3, -0.25) is 4.79 Å². The molecule has 0 radical (unpaired) electrons. The fourth-order valence-corrected chi connectivity index (χ4v) is 7.62. The highest BCUT2D eigenvalue weighted by atomic mass is 16.3. The van der Waals surface area contributed by atoms with Gasteiger partial charge in [-0.25, -0.2) is 0 Å². The van der Waals surface area contributed by atoms with Crippen LogP contribution in [0.15, 0.2) is 48.6 Å². The van der Waals surface area contributed by atoms with E-state index in [2.05, 4.69) is 55.6 Å². The zero-order valence-electron chi connectivity index (χ0n) is 38.4. The number of hydrogen-bond acceptors (Lipinski definition) is 3. The van der Waals surface area contributed by atoms with E-state index in [0.29, 0.717) is 6.42 Å². The van der Waals surface area contributed by atoms with Crippen molar-refractivity contribution in [3.63, 3.8) is 0 Å². The lowest BCUT2D eigenvalue weighted by atomic mass is 10.0. The largest absolute Gasteiger partial charge is 0.394 e. The first kappa shape index (κ1) is 55.4. The van der Waals surface area contributed by atoms with Crippen molar-refractivity contribution < 1.29 is 15.0 Å². The smallest absolute Gasteiger partial charge is 0.220 e. The third-order valence-corrected chi connectivity index (χ3v) is 11.5. The van der Waals surface area contributed by atoms with Crippen molar-refractivity contribution in [2.45, 2.75) is 276 Å². The van der Waals surface area contributed by atoms with Crippen molar-refractivity contribution in [2.75, 3.05) is 6.61 Å². The zero-order valence-corrected chi connectivity index (χ0v) is 38.4. The molecule has 0 aromatic rings. The molecule has 0 heterocycles. The van der Waals surface area contributed by atoms with E-state index in [1.165, 1.54) is 205 Å². The molecule has 0 rings (SSSR count). The minimum Gasteiger partial charge on any atom is -0.394 e. The van der Waals surface area contributed by atoms with Crippen LogP contribution >= 0.6 is 0 Å². The Morgan fingerprint density at radius 2 is 0.684 bits per heavy atom. The summed E-state index contributed by atoms with van der Waals surface area (Å²) < 4.78 is 0. The van der Waals surface area contributed by atoms with Crippen LogP contribution in [0.1, 0.15) is 264 Å². The standard InChI is InChI=1S/C53H99NO3/c1-3-5-7-9-11-13-15-17-19-21-23-25-26-27-28-29-31-33-35-37-39-41-43-45-47-49-53(57)54-51(50-55)52(56)48-46-44-42-40-38-36-34-32-30-24-22-20-18-16-14-12-10-8-6-4-2/h27-28,30,32,38,40,46,48,51-52,55-56H,3-26,29,31,33-37,39,41-45,47,49-50H2,1-2H3,(H,54,57)/b28-27-,32-30+,40-38+,48-46+. The number of hydrogen-bond donors (Lipinski definition) is 3. The van der Waals surface area contributed by atoms with Crippen LogP contribution in [0.4, 0.5) is 0 Å². The molecule has 0 saturated carbocycles. The minimum absolute atomic E-state index is 0.0786. The first-order chi connectivity index (χ1) is 28.2. The lowest BCUT2D eigenvalue weighted by Gasteiger charge is -2.19. The fraction of sp³-hybridized carbons (Fsp3) is 0.830. The summed E-state index contributed by atoms with van der Waals surface area (Å²) in [7, 11) is 0. The number of nitrogens with one attached hydrogen (secondary N) is 1. The minimum atomic E-state index is -0.872. The van der Waals surface area contributed by atoms with Crippen LogP contribution in [0, 0.1) is 0 Å². The average molecular weight is 798 g/mol. The van der Waals surface area contributed by atoms with E-state index in [4.69, 9.17) is 0 Å². The van der Waals surface area contributed by atoms with Crippen molar-refractivity contribution in [3.8, 4) is 0 Å². The van der Waals surface area contributed by atoms with Gasteiger partial charge >= 0.3 is 0 Å². The summed E-state index contributed by atoms with van der Waals surface area (Å²) in [6.07, 6.45) is 66.8. The van der Waals surface area contributed by atoms with Gasteiger partial charge in [0, 0.05) is 6.42 Å². The first-order valence-corrected chi connectivity index (χ1v) is 25.4. The Morgan fingerprint density at radius 3 is 1.02 bits per heavy atom. The Labute approximate surface area is 356 Å². The number of unbranched alkanes of at least 4 members (excludes halogenated alkanes) is 33. The second-order valence-corrected chi connectivity index (χ2v) is 17.2. The molecular formula is C53H99NO3. The summed E-state index contributed by atoms with van der Waals surface area (Å²) in [6, 6.07) is -0.647. The van der Waals surface area contributed by atoms with Gasteiger partial charge in [-0.15, -0.1) is 0 Å². The topological polar surface area (TPSA) is 69.6 Å². The molecule has 4 nitrogen and oxygen atoms in total. The second kappa shape index (κ2) is 48.7. The number of rotatable bonds is 46. The number of aliphatic hydroxyl groups excluding tert-OH is 2. The molecule has 1 amide bonds. The van der Waals surface area contributed by atoms with Gasteiger partial charge in [0.15, 0.2) is 0 Å². The van der Waals surface area contributed by atoms with Crippen molar-refractivity contribution in [3.05, 3.63) is 48.6 Å². The third kappa shape index (κ3) is 45.3. The first-order valence-electron chi connectivity index (χ1n) is 25.4. The molecule has 2 unspecified atom stereocenters. The third-order valence-electron chi connectivity index (χ3n) is 11.5. The lowest BCUT2D eigenvalue weighted by molar-refractivity contribution is -0.123. The van der Waals surface area contributed by atoms with Crippen LogP contribution in [0.2, 0.25) is 0 Å². The van der Waals surface area contributed by atoms with E-state index in [1.807, 2.05) is 6.08 Å². The Morgan fingerprint density at radius 1 is 0.404 bits per heavy atom. The summed E-state index contributed by atoms with van der Waals surface area (Å²) >= 11 is 0. The number of carbonyl (C=O) groups excluding carboxylic acids is 1. The Kier molecular flexibility index (Phi) is 47.3. The molecule has 0 fully saturated rings. The van der Waals surface area contributed by atoms with E-state index >= 15 is 0 Å². The monoisotopic (exact) mass is 798 g/mol. The normalized spacial score (nSPS) is 13.3. The fourth-order valence-electron chi connectivity index (χ4n) is 7.62. The Hall–Kier alpha value is -1.65. The zero-order chi connectivity index (χ0) is 41.4. The summed E-state index contributed by atoms with van der Waals surface area (Å²) in [5, 5.41) is 23.1. The van der Waals surface area contributed by atoms with Crippen LogP contribution in [0.3, 0.4) is 0 Å². The summed E-state index contributed by atoms with van der Waals surface area (Å²) in [5.74, 6) is -0.0786. The SMILES string of the molecule is CCCCCCCCCCCC/C=C/CC/C=C/CC/C=C/C(O)C(CO)NC(=O)CCCCCCCCCCC/C=C\CCCCCCCCCCCCCC. The summed E-state index contributed by atoms with van der Waals surface area (Å²) in [4.78, 5) is 12.4. The van der Waals surface area contributed by atoms with Crippen molar-refractivity contribution in [1.29, 1.82) is 0 Å². The van der Waals surface area contributed by atoms with Crippen molar-refractivity contribution in [2.24, 2.45) is 0 Å². The predicted octanol–water partition coefficient (Wildman–Crippen LogP) is 16.3. The number of allylic oxidation sites excluding steroid dienone is 7. The van der Waals surface area contributed by atoms with Gasteiger partial charge in [0.25, 0.3) is 0 Å². The highest BCUT2D eigenvalue weighted by molar-refractivity contribution is 5.76. The van der Waals surface area contributed by atoms with E-state index < -0.39 is 12.1 Å². The average Bonchev–Trinajstić information content (AvgIpc) is 3.22. The molecule has 0 aliphatic rings. The molecule has 3 N–H and O–H groups in total. The van der Waals surface area contributed by atoms with Crippen LogP contribution in [0.25, 0.3) is 0 Å². The van der Waals surface area contributed by atoms with Crippen molar-refractivity contribution >= 4 is 5.91 Å². The van der Waals surface area contributed by atoms with E-state index in [1.54, 1.807) is 6.08 Å². The molecule has 0 spiro atoms. The lowest BCUT2D eigenvalue weighted by Crippen LogP contribution is -2.45. The van der Waals surface area contributed by atoms with Gasteiger partial charge in [-0.05, 0) is 70.6 Å². The van der Waals surface area contributed by atoms with Gasteiger partial charge in [0.2, 0.25) is 5.91 Å². The highest BCUT2D eigenvalue weighted by Crippen LogP contribution is 2.15. The van der Waals surface area contributed by atoms with Gasteiger partial charge < -0.3 is 15.5 Å². The molecular weight excluding hydrogens is 699 g/mol. The van der Waals surface area contributed by atoms with Crippen LogP contribution < -0.4 is 5.32 Å². The quantitative estimate of drug-likeness (QED) is 0.0424. The molecule has 0 saturated heterocycles. The molecule has 0 aliphatic heterocycles. The van der Waals surface area contributed by atoms with E-state index in [9.17, 15) is 15.0 Å². The second-order valence-electron chi connectivity index (χ2n) is 17.2. The maximum Gasteiger partial charge on any atom is 0.220 e. The molecule has 2 atom stereocenters. The van der Waals surface area contributed by atoms with E-state index in [-0.39, 0.29) is 12.5 Å². The molecule has 57 heavy (non-hydrogen) atoms. The van der Waals surface area contributed by atoms with E-state index in [0.717, 1.165) is 38.5 Å². The molecule has 4 heteroatoms. The maximum absolute atomic E-state index is 12.4. The molecule has 334 valence electrons. The van der Waals surface area contributed by atoms with Crippen LogP contribution in [0.5, 0.6) is 0 Å². The van der Waals surface area contributed by atoms with Crippen LogP contribution in [-0.4, -0.2) is 34.9 Å². The van der Waals surface area contributed by atoms with Gasteiger partial charge in [-0.1, -0.05) is 236 Å². The summed E-state index contributed by atoms with van der Waals surface area (Å²) in [5.41, 5.74) is 0. The van der Waals surface area contributed by atoms with Gasteiger partial charge in [0.1, 0.15) is 0 Å². The highest BCUT2D eigenvalue weighted by Gasteiger charge is 2.17. The number of carbonyl (C=O) groups is 1. The summed E-state index contributed by atoms with van der Waals surface area (Å²) in [6.45, 7) is 4.31. The maximum atomic E-state index is 12.4. The number of aliphatic hydroxyl groups is 2. The van der Waals surface area contributed by atoms with Gasteiger partial charge in [-0.2, -0.15) is 0 Å². The predicted molar refractivity (Wildman–Crippen MR) is 253 cm³/mol. The molecule has 0 aromatic carbocycles. The van der Waals surface area contributed by atoms with Crippen molar-refractivity contribution in [1.82, 2.24) is 5.32 Å². The Balaban J connectivity index is 3.58. The van der Waals surface area contributed by atoms with Crippen LogP contribution in [-0.2, 0) is 4.79 Å². The molecule has 0 aromatic heterocycles. The number of amides is 1. The Bertz CT molecular complexity index is 908. The molecule has 0 aliphatic carbocycles. The van der Waals surface area contributed by atoms with Gasteiger partial charge in [0.05, 0.1) is 18.8 Å². The molecule has 0 bridgehead atoms.